The summed E-state index contributed by atoms with van der Waals surface area (Å²) >= 11 is 0. The lowest BCUT2D eigenvalue weighted by atomic mass is 9.84. The first-order valence-corrected chi connectivity index (χ1v) is 10.6. The van der Waals surface area contributed by atoms with Crippen molar-refractivity contribution >= 4 is 17.5 Å². The second-order valence-corrected chi connectivity index (χ2v) is 8.44. The minimum Gasteiger partial charge on any atom is -0.496 e. The van der Waals surface area contributed by atoms with Gasteiger partial charge in [-0.05, 0) is 68.0 Å². The van der Waals surface area contributed by atoms with Crippen LogP contribution in [0.3, 0.4) is 0 Å². The van der Waals surface area contributed by atoms with Gasteiger partial charge in [-0.15, -0.1) is 0 Å². The van der Waals surface area contributed by atoms with E-state index >= 15 is 0 Å². The van der Waals surface area contributed by atoms with Crippen LogP contribution in [0, 0.1) is 12.8 Å². The van der Waals surface area contributed by atoms with Crippen LogP contribution in [0.1, 0.15) is 52.7 Å². The molecule has 0 atom stereocenters. The molecule has 0 aromatic heterocycles. The van der Waals surface area contributed by atoms with Gasteiger partial charge < -0.3 is 15.0 Å². The minimum absolute atomic E-state index is 0.0366. The molecule has 1 saturated carbocycles. The minimum atomic E-state index is -4.58. The van der Waals surface area contributed by atoms with Gasteiger partial charge in [-0.25, -0.2) is 0 Å². The number of hydrogen-bond donors (Lipinski definition) is 1. The summed E-state index contributed by atoms with van der Waals surface area (Å²) in [6.45, 7) is 2.59. The number of benzene rings is 2. The molecule has 1 fully saturated rings. The number of amides is 2. The van der Waals surface area contributed by atoms with Crippen LogP contribution in [0.2, 0.25) is 0 Å². The SMILES string of the molecule is COc1ccc(NC(=O)C2CCC(N3Cc4c(C)cccc4C3=O)CC2)cc1C(F)(F)F. The van der Waals surface area contributed by atoms with Crippen LogP contribution in [0.25, 0.3) is 0 Å². The molecule has 1 heterocycles. The summed E-state index contributed by atoms with van der Waals surface area (Å²) in [7, 11) is 1.17. The molecule has 2 aliphatic rings. The second-order valence-electron chi connectivity index (χ2n) is 8.44. The van der Waals surface area contributed by atoms with Gasteiger partial charge in [0.2, 0.25) is 5.91 Å². The number of alkyl halides is 3. The number of ether oxygens (including phenoxy) is 1. The summed E-state index contributed by atoms with van der Waals surface area (Å²) in [5, 5.41) is 2.62. The van der Waals surface area contributed by atoms with E-state index in [9.17, 15) is 22.8 Å². The zero-order chi connectivity index (χ0) is 23.0. The average molecular weight is 446 g/mol. The molecule has 1 aliphatic heterocycles. The third kappa shape index (κ3) is 4.18. The Balaban J connectivity index is 1.38. The van der Waals surface area contributed by atoms with Crippen molar-refractivity contribution in [3.05, 3.63) is 58.7 Å². The third-order valence-corrected chi connectivity index (χ3v) is 6.51. The summed E-state index contributed by atoms with van der Waals surface area (Å²) in [4.78, 5) is 27.4. The Kier molecular flexibility index (Phi) is 5.88. The van der Waals surface area contributed by atoms with E-state index in [-0.39, 0.29) is 35.2 Å². The Morgan fingerprint density at radius 1 is 1.12 bits per heavy atom. The Bertz CT molecular complexity index is 1040. The number of anilines is 1. The maximum atomic E-state index is 13.2. The average Bonchev–Trinajstić information content (AvgIpc) is 3.11. The van der Waals surface area contributed by atoms with Crippen molar-refractivity contribution in [2.45, 2.75) is 51.4 Å². The van der Waals surface area contributed by atoms with Crippen LogP contribution < -0.4 is 10.1 Å². The van der Waals surface area contributed by atoms with Gasteiger partial charge in [-0.2, -0.15) is 13.2 Å². The molecule has 0 radical (unpaired) electrons. The second kappa shape index (κ2) is 8.48. The van der Waals surface area contributed by atoms with Crippen LogP contribution >= 0.6 is 0 Å². The first-order chi connectivity index (χ1) is 15.2. The van der Waals surface area contributed by atoms with Crippen LogP contribution in [-0.4, -0.2) is 29.9 Å². The molecule has 0 unspecified atom stereocenters. The van der Waals surface area contributed by atoms with Gasteiger partial charge in [-0.3, -0.25) is 9.59 Å². The fourth-order valence-corrected chi connectivity index (χ4v) is 4.71. The topological polar surface area (TPSA) is 58.6 Å². The molecule has 2 aromatic carbocycles. The molecular weight excluding hydrogens is 421 g/mol. The van der Waals surface area contributed by atoms with Crippen LogP contribution in [-0.2, 0) is 17.5 Å². The van der Waals surface area contributed by atoms with Gasteiger partial charge in [0.1, 0.15) is 5.75 Å². The normalized spacial score (nSPS) is 20.8. The maximum absolute atomic E-state index is 13.2. The first-order valence-electron chi connectivity index (χ1n) is 10.6. The van der Waals surface area contributed by atoms with Crippen molar-refractivity contribution in [3.8, 4) is 5.75 Å². The third-order valence-electron chi connectivity index (χ3n) is 6.51. The molecule has 0 bridgehead atoms. The largest absolute Gasteiger partial charge is 0.496 e. The van der Waals surface area contributed by atoms with E-state index in [2.05, 4.69) is 5.32 Å². The number of halogens is 3. The van der Waals surface area contributed by atoms with E-state index in [1.54, 1.807) is 0 Å². The van der Waals surface area contributed by atoms with E-state index < -0.39 is 11.7 Å². The number of carbonyl (C=O) groups excluding carboxylic acids is 2. The van der Waals surface area contributed by atoms with E-state index in [1.165, 1.54) is 19.2 Å². The first kappa shape index (κ1) is 22.2. The van der Waals surface area contributed by atoms with Gasteiger partial charge in [0.05, 0.1) is 12.7 Å². The highest BCUT2D eigenvalue weighted by Gasteiger charge is 2.37. The van der Waals surface area contributed by atoms with Gasteiger partial charge >= 0.3 is 6.18 Å². The van der Waals surface area contributed by atoms with Crippen molar-refractivity contribution in [1.29, 1.82) is 0 Å². The highest BCUT2D eigenvalue weighted by atomic mass is 19.4. The monoisotopic (exact) mass is 446 g/mol. The number of methoxy groups -OCH3 is 1. The summed E-state index contributed by atoms with van der Waals surface area (Å²) in [6, 6.07) is 9.31. The van der Waals surface area contributed by atoms with Gasteiger partial charge in [-0.1, -0.05) is 12.1 Å². The van der Waals surface area contributed by atoms with Gasteiger partial charge in [0.15, 0.2) is 0 Å². The lowest BCUT2D eigenvalue weighted by Crippen LogP contribution is -2.40. The van der Waals surface area contributed by atoms with Gasteiger partial charge in [0, 0.05) is 29.8 Å². The molecule has 2 amide bonds. The quantitative estimate of drug-likeness (QED) is 0.705. The molecule has 5 nitrogen and oxygen atoms in total. The smallest absolute Gasteiger partial charge is 0.420 e. The summed E-state index contributed by atoms with van der Waals surface area (Å²) < 4.78 is 44.5. The van der Waals surface area contributed by atoms with Crippen molar-refractivity contribution in [1.82, 2.24) is 4.90 Å². The van der Waals surface area contributed by atoms with Crippen molar-refractivity contribution in [2.24, 2.45) is 5.92 Å². The molecule has 2 aromatic rings. The van der Waals surface area contributed by atoms with Crippen molar-refractivity contribution in [2.75, 3.05) is 12.4 Å². The zero-order valence-corrected chi connectivity index (χ0v) is 18.0. The summed E-state index contributed by atoms with van der Waals surface area (Å²) in [5.41, 5.74) is 2.08. The number of nitrogens with one attached hydrogen (secondary N) is 1. The number of fused-ring (bicyclic) bond motifs is 1. The molecule has 0 spiro atoms. The van der Waals surface area contributed by atoms with Gasteiger partial charge in [0.25, 0.3) is 5.91 Å². The lowest BCUT2D eigenvalue weighted by molar-refractivity contribution is -0.138. The summed E-state index contributed by atoms with van der Waals surface area (Å²) in [6.07, 6.45) is -2.04. The number of hydrogen-bond acceptors (Lipinski definition) is 3. The fraction of sp³-hybridized carbons (Fsp3) is 0.417. The van der Waals surface area contributed by atoms with Crippen LogP contribution in [0.4, 0.5) is 18.9 Å². The highest BCUT2D eigenvalue weighted by Crippen LogP contribution is 2.38. The maximum Gasteiger partial charge on any atom is 0.420 e. The number of nitrogens with zero attached hydrogens (tertiary/aromatic N) is 1. The molecule has 170 valence electrons. The fourth-order valence-electron chi connectivity index (χ4n) is 4.71. The Labute approximate surface area is 184 Å². The summed E-state index contributed by atoms with van der Waals surface area (Å²) in [5.74, 6) is -0.852. The van der Waals surface area contributed by atoms with Crippen molar-refractivity contribution in [3.63, 3.8) is 0 Å². The Morgan fingerprint density at radius 2 is 1.84 bits per heavy atom. The van der Waals surface area contributed by atoms with E-state index in [0.29, 0.717) is 32.2 Å². The Hall–Kier alpha value is -3.03. The molecule has 0 saturated heterocycles. The molecular formula is C24H25F3N2O3. The van der Waals surface area contributed by atoms with E-state index in [0.717, 1.165) is 22.8 Å². The molecule has 1 N–H and O–H groups in total. The van der Waals surface area contributed by atoms with Crippen molar-refractivity contribution < 1.29 is 27.5 Å². The standard InChI is InChI=1S/C24H25F3N2O3/c1-14-4-3-5-18-19(14)13-29(23(18)31)17-9-6-15(7-10-17)22(30)28-16-8-11-21(32-2)20(12-16)24(25,26)27/h3-5,8,11-12,15,17H,6-7,9-10,13H2,1-2H3,(H,28,30). The van der Waals surface area contributed by atoms with Crippen LogP contribution in [0.15, 0.2) is 36.4 Å². The Morgan fingerprint density at radius 3 is 2.47 bits per heavy atom. The van der Waals surface area contributed by atoms with E-state index in [4.69, 9.17) is 4.74 Å². The molecule has 32 heavy (non-hydrogen) atoms. The van der Waals surface area contributed by atoms with E-state index in [1.807, 2.05) is 30.0 Å². The highest BCUT2D eigenvalue weighted by molar-refractivity contribution is 5.99. The van der Waals surface area contributed by atoms with Crippen LogP contribution in [0.5, 0.6) is 5.75 Å². The predicted octanol–water partition coefficient (Wildman–Crippen LogP) is 5.18. The molecule has 1 aliphatic carbocycles. The zero-order valence-electron chi connectivity index (χ0n) is 18.0. The lowest BCUT2D eigenvalue weighted by Gasteiger charge is -2.34. The molecule has 8 heteroatoms. The number of aryl methyl sites for hydroxylation is 1. The predicted molar refractivity (Wildman–Crippen MR) is 113 cm³/mol. The number of carbonyl (C=O) groups is 2. The molecule has 4 rings (SSSR count). The number of rotatable bonds is 4.